The van der Waals surface area contributed by atoms with Gasteiger partial charge in [0.15, 0.2) is 0 Å². The highest BCUT2D eigenvalue weighted by molar-refractivity contribution is 9.10. The molecule has 2 aromatic carbocycles. The number of aromatic nitrogens is 1. The van der Waals surface area contributed by atoms with Crippen LogP contribution in [0.25, 0.3) is 10.9 Å². The largest absolute Gasteiger partial charge is 0.397 e. The Labute approximate surface area is 126 Å². The molecule has 0 spiro atoms. The lowest BCUT2D eigenvalue weighted by molar-refractivity contribution is 1.15. The Kier molecular flexibility index (Phi) is 3.56. The van der Waals surface area contributed by atoms with Crippen LogP contribution in [0.3, 0.4) is 0 Å². The van der Waals surface area contributed by atoms with Crippen molar-refractivity contribution in [2.75, 3.05) is 11.1 Å². The summed E-state index contributed by atoms with van der Waals surface area (Å²) in [6.07, 6.45) is 1.78. The maximum Gasteiger partial charge on any atom is 0.0951 e. The third kappa shape index (κ3) is 2.60. The summed E-state index contributed by atoms with van der Waals surface area (Å²) in [6.45, 7) is 0.757. The Morgan fingerprint density at radius 3 is 2.80 bits per heavy atom. The van der Waals surface area contributed by atoms with Gasteiger partial charge in [-0.3, -0.25) is 4.98 Å². The number of para-hydroxylation sites is 1. The SMILES string of the molecule is Nc1cccc2c(NCc3cccc(Br)c3)ccnc12. The number of hydrogen-bond donors (Lipinski definition) is 2. The maximum atomic E-state index is 5.96. The molecule has 4 heteroatoms. The van der Waals surface area contributed by atoms with E-state index in [9.17, 15) is 0 Å². The first-order chi connectivity index (χ1) is 9.74. The number of anilines is 2. The number of nitrogen functional groups attached to an aromatic ring is 1. The number of pyridine rings is 1. The van der Waals surface area contributed by atoms with Crippen LogP contribution in [0.4, 0.5) is 11.4 Å². The van der Waals surface area contributed by atoms with Crippen molar-refractivity contribution in [1.82, 2.24) is 4.98 Å². The standard InChI is InChI=1S/C16H14BrN3/c17-12-4-1-3-11(9-12)10-20-15-7-8-19-16-13(15)5-2-6-14(16)18/h1-9H,10,18H2,(H,19,20). The van der Waals surface area contributed by atoms with Gasteiger partial charge < -0.3 is 11.1 Å². The zero-order valence-electron chi connectivity index (χ0n) is 10.8. The summed E-state index contributed by atoms with van der Waals surface area (Å²) in [5.74, 6) is 0. The van der Waals surface area contributed by atoms with Crippen LogP contribution in [0.2, 0.25) is 0 Å². The molecule has 1 heterocycles. The first-order valence-corrected chi connectivity index (χ1v) is 7.15. The zero-order valence-corrected chi connectivity index (χ0v) is 12.4. The van der Waals surface area contributed by atoms with Crippen molar-refractivity contribution >= 4 is 38.2 Å². The van der Waals surface area contributed by atoms with Crippen LogP contribution in [-0.4, -0.2) is 4.98 Å². The molecule has 3 nitrogen and oxygen atoms in total. The van der Waals surface area contributed by atoms with Gasteiger partial charge in [0.2, 0.25) is 0 Å². The van der Waals surface area contributed by atoms with Gasteiger partial charge in [0.05, 0.1) is 11.2 Å². The summed E-state index contributed by atoms with van der Waals surface area (Å²) in [6, 6.07) is 16.1. The van der Waals surface area contributed by atoms with Crippen LogP contribution in [0, 0.1) is 0 Å². The van der Waals surface area contributed by atoms with Gasteiger partial charge in [0.1, 0.15) is 0 Å². The average molecular weight is 328 g/mol. The minimum Gasteiger partial charge on any atom is -0.397 e. The molecular weight excluding hydrogens is 314 g/mol. The van der Waals surface area contributed by atoms with Crippen molar-refractivity contribution in [3.05, 3.63) is 64.8 Å². The highest BCUT2D eigenvalue weighted by Gasteiger charge is 2.04. The number of nitrogens with one attached hydrogen (secondary N) is 1. The molecule has 0 atom stereocenters. The summed E-state index contributed by atoms with van der Waals surface area (Å²) in [5, 5.41) is 4.49. The second kappa shape index (κ2) is 5.51. The van der Waals surface area contributed by atoms with Crippen LogP contribution in [0.5, 0.6) is 0 Å². The Hall–Kier alpha value is -2.07. The van der Waals surface area contributed by atoms with Gasteiger partial charge in [-0.25, -0.2) is 0 Å². The van der Waals surface area contributed by atoms with Crippen molar-refractivity contribution in [3.63, 3.8) is 0 Å². The number of nitrogens with zero attached hydrogens (tertiary/aromatic N) is 1. The van der Waals surface area contributed by atoms with E-state index in [1.165, 1.54) is 5.56 Å². The monoisotopic (exact) mass is 327 g/mol. The lowest BCUT2D eigenvalue weighted by atomic mass is 10.1. The van der Waals surface area contributed by atoms with Crippen LogP contribution in [0.1, 0.15) is 5.56 Å². The quantitative estimate of drug-likeness (QED) is 0.709. The van der Waals surface area contributed by atoms with Gasteiger partial charge in [-0.2, -0.15) is 0 Å². The predicted molar refractivity (Wildman–Crippen MR) is 87.6 cm³/mol. The molecule has 0 aliphatic rings. The summed E-state index contributed by atoms with van der Waals surface area (Å²) >= 11 is 3.48. The number of rotatable bonds is 3. The molecule has 0 radical (unpaired) electrons. The molecule has 0 aliphatic carbocycles. The van der Waals surface area contributed by atoms with Crippen LogP contribution < -0.4 is 11.1 Å². The van der Waals surface area contributed by atoms with Gasteiger partial charge in [-0.1, -0.05) is 40.2 Å². The maximum absolute atomic E-state index is 5.96. The topological polar surface area (TPSA) is 50.9 Å². The third-order valence-electron chi connectivity index (χ3n) is 3.17. The van der Waals surface area contributed by atoms with Gasteiger partial charge >= 0.3 is 0 Å². The fourth-order valence-corrected chi connectivity index (χ4v) is 2.64. The summed E-state index contributed by atoms with van der Waals surface area (Å²) in [7, 11) is 0. The lowest BCUT2D eigenvalue weighted by Crippen LogP contribution is -2.01. The zero-order chi connectivity index (χ0) is 13.9. The van der Waals surface area contributed by atoms with Gasteiger partial charge in [-0.05, 0) is 29.8 Å². The molecular formula is C16H14BrN3. The minimum atomic E-state index is 0.702. The highest BCUT2D eigenvalue weighted by Crippen LogP contribution is 2.26. The molecule has 0 amide bonds. The van der Waals surface area contributed by atoms with E-state index in [-0.39, 0.29) is 0 Å². The summed E-state index contributed by atoms with van der Waals surface area (Å²) in [5.41, 5.74) is 9.76. The summed E-state index contributed by atoms with van der Waals surface area (Å²) < 4.78 is 1.08. The van der Waals surface area contributed by atoms with Crippen molar-refractivity contribution in [2.45, 2.75) is 6.54 Å². The van der Waals surface area contributed by atoms with Gasteiger partial charge in [0.25, 0.3) is 0 Å². The molecule has 0 unspecified atom stereocenters. The van der Waals surface area contributed by atoms with Crippen molar-refractivity contribution in [1.29, 1.82) is 0 Å². The Morgan fingerprint density at radius 1 is 1.10 bits per heavy atom. The Balaban J connectivity index is 1.90. The fourth-order valence-electron chi connectivity index (χ4n) is 2.20. The minimum absolute atomic E-state index is 0.702. The molecule has 0 fully saturated rings. The fraction of sp³-hybridized carbons (Fsp3) is 0.0625. The number of hydrogen-bond acceptors (Lipinski definition) is 3. The second-order valence-electron chi connectivity index (χ2n) is 4.59. The molecule has 100 valence electrons. The van der Waals surface area contributed by atoms with E-state index in [1.54, 1.807) is 6.20 Å². The molecule has 20 heavy (non-hydrogen) atoms. The average Bonchev–Trinajstić information content (AvgIpc) is 2.46. The van der Waals surface area contributed by atoms with E-state index in [2.05, 4.69) is 38.4 Å². The van der Waals surface area contributed by atoms with E-state index < -0.39 is 0 Å². The first kappa shape index (κ1) is 12.9. The normalized spacial score (nSPS) is 10.7. The molecule has 1 aromatic heterocycles. The lowest BCUT2D eigenvalue weighted by Gasteiger charge is -2.10. The third-order valence-corrected chi connectivity index (χ3v) is 3.67. The molecule has 3 aromatic rings. The highest BCUT2D eigenvalue weighted by atomic mass is 79.9. The predicted octanol–water partition coefficient (Wildman–Crippen LogP) is 4.19. The van der Waals surface area contributed by atoms with Crippen molar-refractivity contribution in [2.24, 2.45) is 0 Å². The van der Waals surface area contributed by atoms with Crippen LogP contribution in [0.15, 0.2) is 59.2 Å². The molecule has 0 saturated carbocycles. The number of halogens is 1. The first-order valence-electron chi connectivity index (χ1n) is 6.35. The van der Waals surface area contributed by atoms with Gasteiger partial charge in [-0.15, -0.1) is 0 Å². The van der Waals surface area contributed by atoms with E-state index in [4.69, 9.17) is 5.73 Å². The Morgan fingerprint density at radius 2 is 1.95 bits per heavy atom. The van der Waals surface area contributed by atoms with Gasteiger partial charge in [0, 0.05) is 28.3 Å². The van der Waals surface area contributed by atoms with Crippen LogP contribution >= 0.6 is 15.9 Å². The van der Waals surface area contributed by atoms with E-state index in [0.717, 1.165) is 27.6 Å². The van der Waals surface area contributed by atoms with Crippen LogP contribution in [-0.2, 0) is 6.54 Å². The molecule has 0 aliphatic heterocycles. The molecule has 3 N–H and O–H groups in total. The molecule has 0 bridgehead atoms. The molecule has 0 saturated heterocycles. The number of nitrogens with two attached hydrogens (primary N) is 1. The van der Waals surface area contributed by atoms with Crippen molar-refractivity contribution < 1.29 is 0 Å². The van der Waals surface area contributed by atoms with E-state index in [1.807, 2.05) is 36.4 Å². The summed E-state index contributed by atoms with van der Waals surface area (Å²) in [4.78, 5) is 4.34. The smallest absolute Gasteiger partial charge is 0.0951 e. The second-order valence-corrected chi connectivity index (χ2v) is 5.50. The van der Waals surface area contributed by atoms with E-state index in [0.29, 0.717) is 5.69 Å². The number of benzene rings is 2. The number of fused-ring (bicyclic) bond motifs is 1. The van der Waals surface area contributed by atoms with E-state index >= 15 is 0 Å². The Bertz CT molecular complexity index is 756. The molecule has 3 rings (SSSR count). The van der Waals surface area contributed by atoms with Crippen molar-refractivity contribution in [3.8, 4) is 0 Å².